The van der Waals surface area contributed by atoms with Crippen molar-refractivity contribution in [1.82, 2.24) is 10.1 Å². The number of phenols is 1. The van der Waals surface area contributed by atoms with Gasteiger partial charge in [-0.2, -0.15) is 4.98 Å². The molecule has 0 saturated heterocycles. The minimum atomic E-state index is -0.309. The van der Waals surface area contributed by atoms with Crippen LogP contribution in [0.4, 0.5) is 10.1 Å². The molecule has 6 heteroatoms. The van der Waals surface area contributed by atoms with E-state index in [2.05, 4.69) is 15.5 Å². The number of halogens is 1. The number of nitrogens with one attached hydrogen (secondary N) is 1. The van der Waals surface area contributed by atoms with Crippen LogP contribution in [0, 0.1) is 5.82 Å². The third-order valence-electron chi connectivity index (χ3n) is 2.88. The molecule has 0 aliphatic rings. The van der Waals surface area contributed by atoms with Crippen LogP contribution in [0.2, 0.25) is 0 Å². The molecular formula is C15H12FN3O2. The van der Waals surface area contributed by atoms with Crippen molar-refractivity contribution < 1.29 is 14.0 Å². The average molecular weight is 285 g/mol. The van der Waals surface area contributed by atoms with E-state index in [4.69, 9.17) is 4.52 Å². The lowest BCUT2D eigenvalue weighted by Gasteiger charge is -2.02. The SMILES string of the molecule is Oc1ccc(NCc2nc(-c3ccc(F)cc3)no2)cc1. The first-order chi connectivity index (χ1) is 10.2. The lowest BCUT2D eigenvalue weighted by molar-refractivity contribution is 0.384. The van der Waals surface area contributed by atoms with Crippen LogP contribution in [0.15, 0.2) is 53.1 Å². The molecule has 0 spiro atoms. The van der Waals surface area contributed by atoms with Crippen LogP contribution in [0.5, 0.6) is 5.75 Å². The Hall–Kier alpha value is -2.89. The lowest BCUT2D eigenvalue weighted by atomic mass is 10.2. The van der Waals surface area contributed by atoms with E-state index in [1.165, 1.54) is 12.1 Å². The zero-order valence-corrected chi connectivity index (χ0v) is 11.0. The summed E-state index contributed by atoms with van der Waals surface area (Å²) in [5.41, 5.74) is 1.52. The van der Waals surface area contributed by atoms with Gasteiger partial charge in [-0.25, -0.2) is 4.39 Å². The summed E-state index contributed by atoms with van der Waals surface area (Å²) >= 11 is 0. The third-order valence-corrected chi connectivity index (χ3v) is 2.88. The fraction of sp³-hybridized carbons (Fsp3) is 0.0667. The van der Waals surface area contributed by atoms with E-state index in [0.29, 0.717) is 23.8 Å². The van der Waals surface area contributed by atoms with Gasteiger partial charge in [0, 0.05) is 11.3 Å². The van der Waals surface area contributed by atoms with Gasteiger partial charge in [-0.3, -0.25) is 0 Å². The van der Waals surface area contributed by atoms with Crippen molar-refractivity contribution >= 4 is 5.69 Å². The molecule has 0 bridgehead atoms. The number of aromatic nitrogens is 2. The van der Waals surface area contributed by atoms with Crippen molar-refractivity contribution in [3.8, 4) is 17.1 Å². The smallest absolute Gasteiger partial charge is 0.246 e. The molecule has 0 fully saturated rings. The minimum Gasteiger partial charge on any atom is -0.508 e. The topological polar surface area (TPSA) is 71.2 Å². The van der Waals surface area contributed by atoms with Gasteiger partial charge in [-0.15, -0.1) is 0 Å². The Bertz CT molecular complexity index is 723. The number of hydrogen-bond donors (Lipinski definition) is 2. The summed E-state index contributed by atoms with van der Waals surface area (Å²) in [4.78, 5) is 4.23. The van der Waals surface area contributed by atoms with Gasteiger partial charge < -0.3 is 14.9 Å². The van der Waals surface area contributed by atoms with Gasteiger partial charge in [0.05, 0.1) is 6.54 Å². The quantitative estimate of drug-likeness (QED) is 0.720. The molecule has 2 N–H and O–H groups in total. The van der Waals surface area contributed by atoms with Gasteiger partial charge in [0.2, 0.25) is 11.7 Å². The highest BCUT2D eigenvalue weighted by atomic mass is 19.1. The lowest BCUT2D eigenvalue weighted by Crippen LogP contribution is -1.99. The van der Waals surface area contributed by atoms with Gasteiger partial charge in [0.25, 0.3) is 0 Å². The Balaban J connectivity index is 1.67. The van der Waals surface area contributed by atoms with E-state index in [1.54, 1.807) is 36.4 Å². The summed E-state index contributed by atoms with van der Waals surface area (Å²) in [6, 6.07) is 12.5. The standard InChI is InChI=1S/C15H12FN3O2/c16-11-3-1-10(2-4-11)15-18-14(21-19-15)9-17-12-5-7-13(20)8-6-12/h1-8,17,20H,9H2. The molecule has 3 rings (SSSR count). The van der Waals surface area contributed by atoms with Crippen LogP contribution in [0.1, 0.15) is 5.89 Å². The Labute approximate surface area is 120 Å². The number of anilines is 1. The largest absolute Gasteiger partial charge is 0.508 e. The summed E-state index contributed by atoms with van der Waals surface area (Å²) in [6.07, 6.45) is 0. The summed E-state index contributed by atoms with van der Waals surface area (Å²) in [5.74, 6) is 0.730. The highest BCUT2D eigenvalue weighted by Crippen LogP contribution is 2.17. The van der Waals surface area contributed by atoms with Crippen molar-refractivity contribution in [1.29, 1.82) is 0 Å². The maximum Gasteiger partial charge on any atom is 0.246 e. The molecule has 0 aliphatic carbocycles. The Morgan fingerprint density at radius 2 is 1.76 bits per heavy atom. The third kappa shape index (κ3) is 3.17. The first-order valence-electron chi connectivity index (χ1n) is 6.32. The fourth-order valence-electron chi connectivity index (χ4n) is 1.80. The van der Waals surface area contributed by atoms with Crippen molar-refractivity contribution in [3.63, 3.8) is 0 Å². The molecule has 2 aromatic carbocycles. The number of aromatic hydroxyl groups is 1. The molecule has 106 valence electrons. The Morgan fingerprint density at radius 3 is 2.48 bits per heavy atom. The van der Waals surface area contributed by atoms with Crippen molar-refractivity contribution in [2.24, 2.45) is 0 Å². The molecule has 5 nitrogen and oxygen atoms in total. The average Bonchev–Trinajstić information content (AvgIpc) is 2.96. The van der Waals surface area contributed by atoms with E-state index in [1.807, 2.05) is 0 Å². The van der Waals surface area contributed by atoms with Gasteiger partial charge in [0.15, 0.2) is 0 Å². The van der Waals surface area contributed by atoms with Crippen molar-refractivity contribution in [3.05, 3.63) is 60.2 Å². The van der Waals surface area contributed by atoms with Crippen LogP contribution in [0.25, 0.3) is 11.4 Å². The van der Waals surface area contributed by atoms with Crippen LogP contribution >= 0.6 is 0 Å². The monoisotopic (exact) mass is 285 g/mol. The van der Waals surface area contributed by atoms with Gasteiger partial charge in [-0.05, 0) is 48.5 Å². The van der Waals surface area contributed by atoms with Gasteiger partial charge in [-0.1, -0.05) is 5.16 Å². The Morgan fingerprint density at radius 1 is 1.05 bits per heavy atom. The van der Waals surface area contributed by atoms with E-state index in [9.17, 15) is 9.50 Å². The predicted molar refractivity (Wildman–Crippen MR) is 75.1 cm³/mol. The van der Waals surface area contributed by atoms with Crippen molar-refractivity contribution in [2.75, 3.05) is 5.32 Å². The molecule has 1 heterocycles. The maximum atomic E-state index is 12.9. The van der Waals surface area contributed by atoms with E-state index in [0.717, 1.165) is 5.69 Å². The molecule has 0 radical (unpaired) electrons. The number of rotatable bonds is 4. The summed E-state index contributed by atoms with van der Waals surface area (Å²) in [7, 11) is 0. The van der Waals surface area contributed by atoms with Crippen LogP contribution in [-0.2, 0) is 6.54 Å². The van der Waals surface area contributed by atoms with E-state index < -0.39 is 0 Å². The number of phenolic OH excluding ortho intramolecular Hbond substituents is 1. The maximum absolute atomic E-state index is 12.9. The molecule has 21 heavy (non-hydrogen) atoms. The highest BCUT2D eigenvalue weighted by molar-refractivity contribution is 5.53. The first-order valence-corrected chi connectivity index (χ1v) is 6.32. The normalized spacial score (nSPS) is 10.5. The summed E-state index contributed by atoms with van der Waals surface area (Å²) in [6.45, 7) is 0.360. The Kier molecular flexibility index (Phi) is 3.51. The van der Waals surface area contributed by atoms with Gasteiger partial charge >= 0.3 is 0 Å². The van der Waals surface area contributed by atoms with E-state index in [-0.39, 0.29) is 11.6 Å². The molecule has 0 atom stereocenters. The van der Waals surface area contributed by atoms with Crippen LogP contribution in [-0.4, -0.2) is 15.2 Å². The second-order valence-corrected chi connectivity index (χ2v) is 4.42. The second kappa shape index (κ2) is 5.62. The molecule has 0 amide bonds. The number of hydrogen-bond acceptors (Lipinski definition) is 5. The second-order valence-electron chi connectivity index (χ2n) is 4.42. The molecule has 3 aromatic rings. The summed E-state index contributed by atoms with van der Waals surface area (Å²) in [5, 5.41) is 16.1. The molecule has 0 aliphatic heterocycles. The summed E-state index contributed by atoms with van der Waals surface area (Å²) < 4.78 is 18.0. The molecule has 0 unspecified atom stereocenters. The van der Waals surface area contributed by atoms with Crippen molar-refractivity contribution in [2.45, 2.75) is 6.54 Å². The minimum absolute atomic E-state index is 0.205. The fourth-order valence-corrected chi connectivity index (χ4v) is 1.80. The van der Waals surface area contributed by atoms with Crippen LogP contribution < -0.4 is 5.32 Å². The molecule has 0 saturated carbocycles. The molecular weight excluding hydrogens is 273 g/mol. The zero-order valence-electron chi connectivity index (χ0n) is 11.0. The number of nitrogens with zero attached hydrogens (tertiary/aromatic N) is 2. The van der Waals surface area contributed by atoms with Crippen LogP contribution in [0.3, 0.4) is 0 Å². The number of benzene rings is 2. The molecule has 1 aromatic heterocycles. The highest BCUT2D eigenvalue weighted by Gasteiger charge is 2.08. The first kappa shape index (κ1) is 13.1. The predicted octanol–water partition coefficient (Wildman–Crippen LogP) is 3.19. The van der Waals surface area contributed by atoms with E-state index >= 15 is 0 Å². The van der Waals surface area contributed by atoms with Gasteiger partial charge in [0.1, 0.15) is 11.6 Å². The zero-order chi connectivity index (χ0) is 14.7.